The number of ether oxygens (including phenoxy) is 1. The van der Waals surface area contributed by atoms with E-state index in [9.17, 15) is 9.59 Å². The van der Waals surface area contributed by atoms with Crippen LogP contribution < -0.4 is 4.90 Å². The van der Waals surface area contributed by atoms with E-state index in [4.69, 9.17) is 4.74 Å². The maximum atomic E-state index is 12.2. The third kappa shape index (κ3) is 4.66. The molecule has 1 aliphatic rings. The van der Waals surface area contributed by atoms with Gasteiger partial charge in [0, 0.05) is 49.5 Å². The van der Waals surface area contributed by atoms with Gasteiger partial charge in [0.05, 0.1) is 0 Å². The fraction of sp³-hybridized carbons (Fsp3) is 0.333. The second-order valence-corrected chi connectivity index (χ2v) is 6.77. The number of anilines is 1. The van der Waals surface area contributed by atoms with Crippen molar-refractivity contribution in [1.29, 1.82) is 0 Å². The van der Waals surface area contributed by atoms with Crippen molar-refractivity contribution in [3.05, 3.63) is 46.4 Å². The molecule has 0 aromatic carbocycles. The third-order valence-electron chi connectivity index (χ3n) is 4.08. The van der Waals surface area contributed by atoms with Crippen molar-refractivity contribution < 1.29 is 14.3 Å². The van der Waals surface area contributed by atoms with Gasteiger partial charge >= 0.3 is 5.97 Å². The fourth-order valence-corrected chi connectivity index (χ4v) is 3.40. The van der Waals surface area contributed by atoms with Crippen LogP contribution in [0.3, 0.4) is 0 Å². The molecule has 136 valence electrons. The molecule has 1 saturated heterocycles. The van der Waals surface area contributed by atoms with Crippen LogP contribution in [-0.4, -0.2) is 59.5 Å². The molecule has 7 nitrogen and oxygen atoms in total. The number of hydrogen-bond acceptors (Lipinski definition) is 7. The Morgan fingerprint density at radius 2 is 1.96 bits per heavy atom. The number of aromatic nitrogens is 2. The molecule has 1 aliphatic heterocycles. The molecule has 1 amide bonds. The molecule has 2 aromatic heterocycles. The molecule has 0 spiro atoms. The monoisotopic (exact) mass is 372 g/mol. The second kappa shape index (κ2) is 8.57. The van der Waals surface area contributed by atoms with Gasteiger partial charge in [0.15, 0.2) is 6.61 Å². The molecule has 8 heteroatoms. The van der Waals surface area contributed by atoms with Crippen LogP contribution in [0, 0.1) is 6.92 Å². The molecule has 0 atom stereocenters. The number of amides is 1. The highest BCUT2D eigenvalue weighted by Gasteiger charge is 2.22. The predicted molar refractivity (Wildman–Crippen MR) is 99.9 cm³/mol. The first-order valence-corrected chi connectivity index (χ1v) is 9.20. The zero-order valence-corrected chi connectivity index (χ0v) is 15.3. The highest BCUT2D eigenvalue weighted by Crippen LogP contribution is 2.17. The lowest BCUT2D eigenvalue weighted by molar-refractivity contribution is -0.148. The summed E-state index contributed by atoms with van der Waals surface area (Å²) in [5.74, 6) is -0.0322. The Balaban J connectivity index is 1.42. The van der Waals surface area contributed by atoms with Gasteiger partial charge in [-0.1, -0.05) is 0 Å². The predicted octanol–water partition coefficient (Wildman–Crippen LogP) is 1.75. The Labute approximate surface area is 155 Å². The largest absolute Gasteiger partial charge is 0.452 e. The van der Waals surface area contributed by atoms with Crippen molar-refractivity contribution in [2.75, 3.05) is 37.7 Å². The van der Waals surface area contributed by atoms with Crippen LogP contribution in [-0.2, 0) is 14.3 Å². The third-order valence-corrected chi connectivity index (χ3v) is 5.06. The minimum Gasteiger partial charge on any atom is -0.452 e. The van der Waals surface area contributed by atoms with Crippen LogP contribution in [0.15, 0.2) is 36.0 Å². The van der Waals surface area contributed by atoms with Crippen molar-refractivity contribution in [3.63, 3.8) is 0 Å². The van der Waals surface area contributed by atoms with E-state index in [1.807, 2.05) is 23.3 Å². The maximum absolute atomic E-state index is 12.2. The molecule has 0 aliphatic carbocycles. The summed E-state index contributed by atoms with van der Waals surface area (Å²) in [7, 11) is 0. The van der Waals surface area contributed by atoms with Crippen LogP contribution >= 0.6 is 11.3 Å². The number of thiophene rings is 1. The number of piperazine rings is 1. The highest BCUT2D eigenvalue weighted by atomic mass is 32.1. The first-order valence-electron chi connectivity index (χ1n) is 8.32. The normalized spacial score (nSPS) is 14.7. The summed E-state index contributed by atoms with van der Waals surface area (Å²) in [6, 6.07) is 3.76. The Morgan fingerprint density at radius 1 is 1.23 bits per heavy atom. The van der Waals surface area contributed by atoms with Gasteiger partial charge in [-0.3, -0.25) is 4.79 Å². The minimum absolute atomic E-state index is 0.187. The lowest BCUT2D eigenvalue weighted by Crippen LogP contribution is -2.50. The topological polar surface area (TPSA) is 75.6 Å². The number of carbonyl (C=O) groups is 2. The first kappa shape index (κ1) is 18.1. The van der Waals surface area contributed by atoms with Gasteiger partial charge in [0.25, 0.3) is 5.91 Å². The van der Waals surface area contributed by atoms with E-state index in [0.717, 1.165) is 10.4 Å². The van der Waals surface area contributed by atoms with Crippen LogP contribution in [0.1, 0.15) is 10.4 Å². The van der Waals surface area contributed by atoms with Gasteiger partial charge in [-0.25, -0.2) is 14.8 Å². The molecule has 0 unspecified atom stereocenters. The Bertz CT molecular complexity index is 783. The summed E-state index contributed by atoms with van der Waals surface area (Å²) in [4.78, 5) is 37.1. The molecule has 3 heterocycles. The average Bonchev–Trinajstić information content (AvgIpc) is 3.10. The molecule has 26 heavy (non-hydrogen) atoms. The maximum Gasteiger partial charge on any atom is 0.331 e. The fourth-order valence-electron chi connectivity index (χ4n) is 2.58. The average molecular weight is 372 g/mol. The number of hydrogen-bond donors (Lipinski definition) is 0. The standard InChI is InChI=1S/C18H20N4O3S/c1-14-5-12-26-15(14)3-4-17(24)25-13-16(23)21-8-10-22(11-9-21)18-19-6-2-7-20-18/h2-7,12H,8-11,13H2,1H3/b4-3+. The van der Waals surface area contributed by atoms with Crippen molar-refractivity contribution in [1.82, 2.24) is 14.9 Å². The SMILES string of the molecule is Cc1ccsc1/C=C/C(=O)OCC(=O)N1CCN(c2ncccn2)CC1. The number of esters is 1. The lowest BCUT2D eigenvalue weighted by Gasteiger charge is -2.34. The Hall–Kier alpha value is -2.74. The molecule has 0 radical (unpaired) electrons. The van der Waals surface area contributed by atoms with Gasteiger partial charge in [-0.2, -0.15) is 0 Å². The molecule has 3 rings (SSSR count). The summed E-state index contributed by atoms with van der Waals surface area (Å²) in [6.45, 7) is 4.15. The summed E-state index contributed by atoms with van der Waals surface area (Å²) in [6.07, 6.45) is 6.47. The minimum atomic E-state index is -0.512. The van der Waals surface area contributed by atoms with Crippen LogP contribution in [0.5, 0.6) is 0 Å². The van der Waals surface area contributed by atoms with E-state index in [1.165, 1.54) is 6.08 Å². The van der Waals surface area contributed by atoms with E-state index >= 15 is 0 Å². The zero-order chi connectivity index (χ0) is 18.4. The van der Waals surface area contributed by atoms with E-state index in [2.05, 4.69) is 9.97 Å². The Kier molecular flexibility index (Phi) is 5.96. The van der Waals surface area contributed by atoms with E-state index < -0.39 is 5.97 Å². The van der Waals surface area contributed by atoms with Crippen molar-refractivity contribution in [2.24, 2.45) is 0 Å². The van der Waals surface area contributed by atoms with E-state index in [1.54, 1.807) is 40.8 Å². The first-order chi connectivity index (χ1) is 12.6. The van der Waals surface area contributed by atoms with Crippen molar-refractivity contribution in [3.8, 4) is 0 Å². The van der Waals surface area contributed by atoms with Gasteiger partial charge in [-0.05, 0) is 36.1 Å². The number of aryl methyl sites for hydroxylation is 1. The number of nitrogens with zero attached hydrogens (tertiary/aromatic N) is 4. The summed E-state index contributed by atoms with van der Waals surface area (Å²) >= 11 is 1.55. The summed E-state index contributed by atoms with van der Waals surface area (Å²) in [5.41, 5.74) is 1.11. The summed E-state index contributed by atoms with van der Waals surface area (Å²) < 4.78 is 5.06. The van der Waals surface area contributed by atoms with Gasteiger partial charge in [-0.15, -0.1) is 11.3 Å². The quantitative estimate of drug-likeness (QED) is 0.588. The molecule has 0 bridgehead atoms. The smallest absolute Gasteiger partial charge is 0.331 e. The van der Waals surface area contributed by atoms with E-state index in [-0.39, 0.29) is 12.5 Å². The van der Waals surface area contributed by atoms with Gasteiger partial charge < -0.3 is 14.5 Å². The molecule has 0 N–H and O–H groups in total. The van der Waals surface area contributed by atoms with Gasteiger partial charge in [0.1, 0.15) is 0 Å². The summed E-state index contributed by atoms with van der Waals surface area (Å²) in [5, 5.41) is 1.96. The molecule has 1 fully saturated rings. The molecule has 0 saturated carbocycles. The van der Waals surface area contributed by atoms with E-state index in [0.29, 0.717) is 32.1 Å². The molecular weight excluding hydrogens is 352 g/mol. The number of rotatable bonds is 5. The second-order valence-electron chi connectivity index (χ2n) is 5.83. The number of carbonyl (C=O) groups excluding carboxylic acids is 2. The van der Waals surface area contributed by atoms with Gasteiger partial charge in [0.2, 0.25) is 5.95 Å². The van der Waals surface area contributed by atoms with Crippen LogP contribution in [0.25, 0.3) is 6.08 Å². The van der Waals surface area contributed by atoms with Crippen LogP contribution in [0.2, 0.25) is 0 Å². The van der Waals surface area contributed by atoms with Crippen LogP contribution in [0.4, 0.5) is 5.95 Å². The molecule has 2 aromatic rings. The highest BCUT2D eigenvalue weighted by molar-refractivity contribution is 7.11. The Morgan fingerprint density at radius 3 is 2.62 bits per heavy atom. The van der Waals surface area contributed by atoms with Crippen molar-refractivity contribution >= 4 is 35.2 Å². The lowest BCUT2D eigenvalue weighted by atomic mass is 10.3. The van der Waals surface area contributed by atoms with Crippen molar-refractivity contribution in [2.45, 2.75) is 6.92 Å². The molecular formula is C18H20N4O3S. The zero-order valence-electron chi connectivity index (χ0n) is 14.5.